The first-order chi connectivity index (χ1) is 11.6. The van der Waals surface area contributed by atoms with Crippen LogP contribution < -0.4 is 10.9 Å². The minimum atomic E-state index is -0.511. The standard InChI is InChI=1S/C20H22N2O2/c1-14(11-19(23)15-7-3-2-4-8-15)21-13-17-12-16-9-5-6-10-18(16)22-20(17)24/h2-10,12,14,19,21,23H,11,13H2,1H3,(H,22,24). The number of aliphatic hydroxyl groups is 1. The van der Waals surface area contributed by atoms with Crippen molar-refractivity contribution in [1.29, 1.82) is 0 Å². The number of para-hydroxylation sites is 1. The van der Waals surface area contributed by atoms with Crippen LogP contribution in [0.3, 0.4) is 0 Å². The van der Waals surface area contributed by atoms with E-state index in [1.807, 2.05) is 67.6 Å². The second kappa shape index (κ2) is 7.43. The number of aliphatic hydroxyl groups excluding tert-OH is 1. The molecule has 4 heteroatoms. The summed E-state index contributed by atoms with van der Waals surface area (Å²) < 4.78 is 0. The molecule has 0 aliphatic carbocycles. The number of aromatic amines is 1. The van der Waals surface area contributed by atoms with Crippen LogP contribution in [0, 0.1) is 0 Å². The molecule has 0 saturated heterocycles. The van der Waals surface area contributed by atoms with Crippen molar-refractivity contribution in [2.24, 2.45) is 0 Å². The highest BCUT2D eigenvalue weighted by atomic mass is 16.3. The lowest BCUT2D eigenvalue weighted by Crippen LogP contribution is -2.30. The summed E-state index contributed by atoms with van der Waals surface area (Å²) in [6.45, 7) is 2.49. The second-order valence-electron chi connectivity index (χ2n) is 6.16. The van der Waals surface area contributed by atoms with Crippen molar-refractivity contribution >= 4 is 10.9 Å². The molecule has 1 heterocycles. The van der Waals surface area contributed by atoms with E-state index in [9.17, 15) is 9.90 Å². The zero-order valence-electron chi connectivity index (χ0n) is 13.7. The smallest absolute Gasteiger partial charge is 0.252 e. The number of benzene rings is 2. The summed E-state index contributed by atoms with van der Waals surface area (Å²) in [6.07, 6.45) is 0.0822. The van der Waals surface area contributed by atoms with E-state index in [4.69, 9.17) is 0 Å². The van der Waals surface area contributed by atoms with Crippen molar-refractivity contribution in [1.82, 2.24) is 10.3 Å². The van der Waals surface area contributed by atoms with E-state index in [2.05, 4.69) is 10.3 Å². The molecule has 2 atom stereocenters. The van der Waals surface area contributed by atoms with Crippen LogP contribution in [0.5, 0.6) is 0 Å². The van der Waals surface area contributed by atoms with Crippen LogP contribution in [-0.2, 0) is 6.54 Å². The van der Waals surface area contributed by atoms with Gasteiger partial charge in [0.2, 0.25) is 0 Å². The Morgan fingerprint density at radius 3 is 2.58 bits per heavy atom. The summed E-state index contributed by atoms with van der Waals surface area (Å²) in [5, 5.41) is 14.6. The molecule has 2 aromatic carbocycles. The Kier molecular flexibility index (Phi) is 5.08. The van der Waals surface area contributed by atoms with E-state index in [-0.39, 0.29) is 11.6 Å². The van der Waals surface area contributed by atoms with E-state index in [0.29, 0.717) is 18.5 Å². The number of pyridine rings is 1. The second-order valence-corrected chi connectivity index (χ2v) is 6.16. The molecule has 1 aromatic heterocycles. The predicted octanol–water partition coefficient (Wildman–Crippen LogP) is 3.13. The fourth-order valence-electron chi connectivity index (χ4n) is 2.84. The average Bonchev–Trinajstić information content (AvgIpc) is 2.60. The van der Waals surface area contributed by atoms with Crippen molar-refractivity contribution in [2.45, 2.75) is 32.0 Å². The molecule has 2 unspecified atom stereocenters. The molecule has 0 spiro atoms. The number of H-pyrrole nitrogens is 1. The van der Waals surface area contributed by atoms with Crippen LogP contribution in [0.2, 0.25) is 0 Å². The van der Waals surface area contributed by atoms with Gasteiger partial charge in [0, 0.05) is 23.7 Å². The molecular weight excluding hydrogens is 300 g/mol. The molecule has 0 radical (unpaired) electrons. The van der Waals surface area contributed by atoms with Gasteiger partial charge < -0.3 is 15.4 Å². The van der Waals surface area contributed by atoms with Gasteiger partial charge in [0.1, 0.15) is 0 Å². The van der Waals surface area contributed by atoms with Crippen LogP contribution in [0.15, 0.2) is 65.5 Å². The zero-order valence-corrected chi connectivity index (χ0v) is 13.7. The lowest BCUT2D eigenvalue weighted by atomic mass is 10.0. The van der Waals surface area contributed by atoms with Crippen LogP contribution >= 0.6 is 0 Å². The van der Waals surface area contributed by atoms with E-state index < -0.39 is 6.10 Å². The lowest BCUT2D eigenvalue weighted by Gasteiger charge is -2.18. The zero-order chi connectivity index (χ0) is 16.9. The summed E-state index contributed by atoms with van der Waals surface area (Å²) in [6, 6.07) is 19.4. The highest BCUT2D eigenvalue weighted by molar-refractivity contribution is 5.78. The Morgan fingerprint density at radius 1 is 1.08 bits per heavy atom. The summed E-state index contributed by atoms with van der Waals surface area (Å²) in [7, 11) is 0. The monoisotopic (exact) mass is 322 g/mol. The third-order valence-corrected chi connectivity index (χ3v) is 4.23. The van der Waals surface area contributed by atoms with Gasteiger partial charge in [-0.15, -0.1) is 0 Å². The fourth-order valence-corrected chi connectivity index (χ4v) is 2.84. The van der Waals surface area contributed by atoms with E-state index in [1.165, 1.54) is 0 Å². The molecule has 124 valence electrons. The van der Waals surface area contributed by atoms with E-state index >= 15 is 0 Å². The Bertz CT molecular complexity index is 858. The number of hydrogen-bond acceptors (Lipinski definition) is 3. The molecule has 0 amide bonds. The summed E-state index contributed by atoms with van der Waals surface area (Å²) in [4.78, 5) is 15.0. The predicted molar refractivity (Wildman–Crippen MR) is 96.9 cm³/mol. The van der Waals surface area contributed by atoms with Gasteiger partial charge in [0.05, 0.1) is 6.10 Å². The number of aromatic nitrogens is 1. The number of rotatable bonds is 6. The normalized spacial score (nSPS) is 13.8. The molecule has 4 nitrogen and oxygen atoms in total. The van der Waals surface area contributed by atoms with E-state index in [1.54, 1.807) is 0 Å². The molecule has 3 N–H and O–H groups in total. The number of hydrogen-bond donors (Lipinski definition) is 3. The van der Waals surface area contributed by atoms with Crippen molar-refractivity contribution < 1.29 is 5.11 Å². The maximum absolute atomic E-state index is 12.1. The highest BCUT2D eigenvalue weighted by Gasteiger charge is 2.12. The molecule has 3 aromatic rings. The van der Waals surface area contributed by atoms with Gasteiger partial charge in [-0.2, -0.15) is 0 Å². The first-order valence-corrected chi connectivity index (χ1v) is 8.21. The minimum Gasteiger partial charge on any atom is -0.388 e. The molecule has 0 bridgehead atoms. The van der Waals surface area contributed by atoms with Crippen LogP contribution in [0.1, 0.15) is 30.6 Å². The molecule has 0 aliphatic rings. The third kappa shape index (κ3) is 3.91. The van der Waals surface area contributed by atoms with Gasteiger partial charge >= 0.3 is 0 Å². The fraction of sp³-hybridized carbons (Fsp3) is 0.250. The Hall–Kier alpha value is -2.43. The van der Waals surface area contributed by atoms with Crippen molar-refractivity contribution in [2.75, 3.05) is 0 Å². The largest absolute Gasteiger partial charge is 0.388 e. The number of fused-ring (bicyclic) bond motifs is 1. The highest BCUT2D eigenvalue weighted by Crippen LogP contribution is 2.18. The molecule has 0 aliphatic heterocycles. The first kappa shape index (κ1) is 16.4. The van der Waals surface area contributed by atoms with Crippen LogP contribution in [-0.4, -0.2) is 16.1 Å². The third-order valence-electron chi connectivity index (χ3n) is 4.23. The van der Waals surface area contributed by atoms with Gasteiger partial charge in [-0.1, -0.05) is 48.5 Å². The Morgan fingerprint density at radius 2 is 1.79 bits per heavy atom. The van der Waals surface area contributed by atoms with Gasteiger partial charge in [0.25, 0.3) is 5.56 Å². The quantitative estimate of drug-likeness (QED) is 0.653. The number of nitrogens with one attached hydrogen (secondary N) is 2. The van der Waals surface area contributed by atoms with Gasteiger partial charge in [-0.3, -0.25) is 4.79 Å². The van der Waals surface area contributed by atoms with Gasteiger partial charge in [-0.25, -0.2) is 0 Å². The maximum atomic E-state index is 12.1. The summed E-state index contributed by atoms with van der Waals surface area (Å²) in [5.41, 5.74) is 2.39. The van der Waals surface area contributed by atoms with Gasteiger partial charge in [-0.05, 0) is 36.4 Å². The minimum absolute atomic E-state index is 0.0722. The van der Waals surface area contributed by atoms with E-state index in [0.717, 1.165) is 16.5 Å². The average molecular weight is 322 g/mol. The lowest BCUT2D eigenvalue weighted by molar-refractivity contribution is 0.154. The Labute approximate surface area is 141 Å². The SMILES string of the molecule is CC(CC(O)c1ccccc1)NCc1cc2ccccc2[nH]c1=O. The molecular formula is C20H22N2O2. The van der Waals surface area contributed by atoms with Crippen LogP contribution in [0.4, 0.5) is 0 Å². The molecule has 0 fully saturated rings. The topological polar surface area (TPSA) is 65.1 Å². The van der Waals surface area contributed by atoms with Gasteiger partial charge in [0.15, 0.2) is 0 Å². The molecule has 24 heavy (non-hydrogen) atoms. The first-order valence-electron chi connectivity index (χ1n) is 8.21. The molecule has 3 rings (SSSR count). The molecule has 0 saturated carbocycles. The summed E-state index contributed by atoms with van der Waals surface area (Å²) >= 11 is 0. The maximum Gasteiger partial charge on any atom is 0.252 e. The van der Waals surface area contributed by atoms with Crippen molar-refractivity contribution in [3.8, 4) is 0 Å². The van der Waals surface area contributed by atoms with Crippen molar-refractivity contribution in [3.05, 3.63) is 82.1 Å². The summed E-state index contributed by atoms with van der Waals surface area (Å²) in [5.74, 6) is 0. The van der Waals surface area contributed by atoms with Crippen LogP contribution in [0.25, 0.3) is 10.9 Å². The van der Waals surface area contributed by atoms with Crippen molar-refractivity contribution in [3.63, 3.8) is 0 Å². The Balaban J connectivity index is 1.63.